The summed E-state index contributed by atoms with van der Waals surface area (Å²) in [6.07, 6.45) is 0. The fraction of sp³-hybridized carbons (Fsp3) is 0.0769. The number of aryl methyl sites for hydroxylation is 1. The quantitative estimate of drug-likeness (QED) is 0.830. The van der Waals surface area contributed by atoms with Crippen LogP contribution in [0, 0.1) is 13.0 Å². The molecule has 0 heterocycles. The highest BCUT2D eigenvalue weighted by Gasteiger charge is 2.15. The molecule has 0 fully saturated rings. The Morgan fingerprint density at radius 3 is 2.53 bits per heavy atom. The van der Waals surface area contributed by atoms with Gasteiger partial charge in [-0.1, -0.05) is 42.0 Å². The molecule has 0 aromatic heterocycles. The van der Waals surface area contributed by atoms with E-state index >= 15 is 0 Å². The van der Waals surface area contributed by atoms with E-state index in [-0.39, 0.29) is 4.90 Å². The van der Waals surface area contributed by atoms with Gasteiger partial charge >= 0.3 is 0 Å². The summed E-state index contributed by atoms with van der Waals surface area (Å²) >= 11 is 0. The molecular formula is C13H11O3S. The van der Waals surface area contributed by atoms with Crippen molar-refractivity contribution in [3.63, 3.8) is 0 Å². The second-order valence-corrected chi connectivity index (χ2v) is 5.14. The maximum atomic E-state index is 11.3. The highest BCUT2D eigenvalue weighted by Crippen LogP contribution is 2.27. The van der Waals surface area contributed by atoms with Gasteiger partial charge in [-0.3, -0.25) is 4.55 Å². The van der Waals surface area contributed by atoms with Crippen molar-refractivity contribution in [2.75, 3.05) is 0 Å². The van der Waals surface area contributed by atoms with Crippen LogP contribution < -0.4 is 0 Å². The van der Waals surface area contributed by atoms with Crippen molar-refractivity contribution in [2.24, 2.45) is 0 Å². The van der Waals surface area contributed by atoms with Gasteiger partial charge in [0.25, 0.3) is 10.1 Å². The molecule has 1 N–H and O–H groups in total. The average Bonchev–Trinajstić information content (AvgIpc) is 2.28. The third kappa shape index (κ3) is 2.54. The van der Waals surface area contributed by atoms with E-state index in [1.54, 1.807) is 24.3 Å². The monoisotopic (exact) mass is 247 g/mol. The molecule has 2 rings (SSSR count). The Kier molecular flexibility index (Phi) is 3.00. The van der Waals surface area contributed by atoms with E-state index in [1.165, 1.54) is 6.07 Å². The molecule has 17 heavy (non-hydrogen) atoms. The lowest BCUT2D eigenvalue weighted by Crippen LogP contribution is -2.00. The minimum atomic E-state index is -4.21. The van der Waals surface area contributed by atoms with E-state index in [0.717, 1.165) is 5.56 Å². The Morgan fingerprint density at radius 2 is 1.88 bits per heavy atom. The van der Waals surface area contributed by atoms with E-state index in [0.29, 0.717) is 11.1 Å². The first-order chi connectivity index (χ1) is 7.98. The normalized spacial score (nSPS) is 11.4. The standard InChI is InChI=1S/C13H11O3S/c1-10-5-4-6-11(9-10)12-7-2-3-8-13(12)17(14,15)16/h2-5,7-9H,1H3,(H,14,15,16). The Labute approximate surface area is 100 Å². The average molecular weight is 247 g/mol. The van der Waals surface area contributed by atoms with Gasteiger partial charge in [0.2, 0.25) is 0 Å². The first kappa shape index (κ1) is 11.8. The molecule has 0 aliphatic rings. The van der Waals surface area contributed by atoms with Crippen LogP contribution >= 0.6 is 0 Å². The molecule has 87 valence electrons. The third-order valence-corrected chi connectivity index (χ3v) is 3.32. The summed E-state index contributed by atoms with van der Waals surface area (Å²) in [7, 11) is -4.21. The molecule has 1 radical (unpaired) electrons. The number of benzene rings is 2. The third-order valence-electron chi connectivity index (χ3n) is 2.41. The molecular weight excluding hydrogens is 236 g/mol. The molecule has 0 saturated carbocycles. The highest BCUT2D eigenvalue weighted by atomic mass is 32.2. The molecule has 2 aromatic carbocycles. The first-order valence-corrected chi connectivity index (χ1v) is 6.48. The molecule has 0 bridgehead atoms. The van der Waals surface area contributed by atoms with Gasteiger partial charge in [0.05, 0.1) is 0 Å². The van der Waals surface area contributed by atoms with Gasteiger partial charge in [-0.15, -0.1) is 0 Å². The van der Waals surface area contributed by atoms with Crippen molar-refractivity contribution >= 4 is 10.1 Å². The smallest absolute Gasteiger partial charge is 0.282 e. The van der Waals surface area contributed by atoms with E-state index in [9.17, 15) is 8.42 Å². The Morgan fingerprint density at radius 1 is 1.18 bits per heavy atom. The van der Waals surface area contributed by atoms with Gasteiger partial charge in [-0.05, 0) is 24.6 Å². The predicted molar refractivity (Wildman–Crippen MR) is 65.3 cm³/mol. The van der Waals surface area contributed by atoms with E-state index < -0.39 is 10.1 Å². The highest BCUT2D eigenvalue weighted by molar-refractivity contribution is 7.86. The number of hydrogen-bond acceptors (Lipinski definition) is 2. The van der Waals surface area contributed by atoms with Crippen molar-refractivity contribution in [3.8, 4) is 11.1 Å². The van der Waals surface area contributed by atoms with Crippen LogP contribution in [0.1, 0.15) is 5.56 Å². The summed E-state index contributed by atoms with van der Waals surface area (Å²) in [6.45, 7) is 1.91. The summed E-state index contributed by atoms with van der Waals surface area (Å²) in [4.78, 5) is -0.0955. The van der Waals surface area contributed by atoms with Crippen LogP contribution in [0.25, 0.3) is 11.1 Å². The molecule has 2 aromatic rings. The van der Waals surface area contributed by atoms with Gasteiger partial charge in [0.15, 0.2) is 0 Å². The van der Waals surface area contributed by atoms with Gasteiger partial charge in [-0.25, -0.2) is 0 Å². The van der Waals surface area contributed by atoms with Crippen LogP contribution in [-0.4, -0.2) is 13.0 Å². The molecule has 0 spiro atoms. The molecule has 0 saturated heterocycles. The Hall–Kier alpha value is -1.65. The Balaban J connectivity index is 2.69. The second-order valence-electron chi connectivity index (χ2n) is 3.75. The summed E-state index contributed by atoms with van der Waals surface area (Å²) in [5.74, 6) is 0. The number of rotatable bonds is 2. The van der Waals surface area contributed by atoms with E-state index in [2.05, 4.69) is 6.07 Å². The lowest BCUT2D eigenvalue weighted by molar-refractivity contribution is 0.483. The SMILES string of the molecule is Cc1cc[c]c(-c2ccccc2S(=O)(=O)O)c1. The minimum absolute atomic E-state index is 0.0955. The minimum Gasteiger partial charge on any atom is -0.282 e. The van der Waals surface area contributed by atoms with Gasteiger partial charge in [0.1, 0.15) is 4.90 Å². The molecule has 3 nitrogen and oxygen atoms in total. The summed E-state index contributed by atoms with van der Waals surface area (Å²) in [5.41, 5.74) is 2.11. The summed E-state index contributed by atoms with van der Waals surface area (Å²) < 4.78 is 31.7. The second kappa shape index (κ2) is 4.31. The van der Waals surface area contributed by atoms with Crippen molar-refractivity contribution in [3.05, 3.63) is 54.1 Å². The van der Waals surface area contributed by atoms with Crippen LogP contribution in [0.3, 0.4) is 0 Å². The van der Waals surface area contributed by atoms with Crippen LogP contribution in [-0.2, 0) is 10.1 Å². The van der Waals surface area contributed by atoms with E-state index in [4.69, 9.17) is 4.55 Å². The zero-order valence-electron chi connectivity index (χ0n) is 9.21. The van der Waals surface area contributed by atoms with Crippen LogP contribution in [0.2, 0.25) is 0 Å². The lowest BCUT2D eigenvalue weighted by atomic mass is 10.0. The van der Waals surface area contributed by atoms with Crippen LogP contribution in [0.4, 0.5) is 0 Å². The molecule has 0 aliphatic carbocycles. The fourth-order valence-corrected chi connectivity index (χ4v) is 2.36. The zero-order valence-corrected chi connectivity index (χ0v) is 10.0. The zero-order chi connectivity index (χ0) is 12.5. The van der Waals surface area contributed by atoms with Crippen molar-refractivity contribution in [2.45, 2.75) is 11.8 Å². The first-order valence-electron chi connectivity index (χ1n) is 5.04. The van der Waals surface area contributed by atoms with Crippen LogP contribution in [0.15, 0.2) is 47.4 Å². The summed E-state index contributed by atoms with van der Waals surface area (Å²) in [6, 6.07) is 14.7. The molecule has 0 atom stereocenters. The van der Waals surface area contributed by atoms with Gasteiger partial charge in [0, 0.05) is 5.56 Å². The predicted octanol–water partition coefficient (Wildman–Crippen LogP) is 2.71. The van der Waals surface area contributed by atoms with Gasteiger partial charge < -0.3 is 0 Å². The van der Waals surface area contributed by atoms with Crippen molar-refractivity contribution in [1.82, 2.24) is 0 Å². The van der Waals surface area contributed by atoms with Gasteiger partial charge in [-0.2, -0.15) is 8.42 Å². The molecule has 0 aliphatic heterocycles. The largest absolute Gasteiger partial charge is 0.295 e. The molecule has 4 heteroatoms. The maximum absolute atomic E-state index is 11.3. The fourth-order valence-electron chi connectivity index (χ4n) is 1.65. The lowest BCUT2D eigenvalue weighted by Gasteiger charge is -2.07. The van der Waals surface area contributed by atoms with Crippen LogP contribution in [0.5, 0.6) is 0 Å². The molecule has 0 unspecified atom stereocenters. The van der Waals surface area contributed by atoms with Crippen molar-refractivity contribution in [1.29, 1.82) is 0 Å². The summed E-state index contributed by atoms with van der Waals surface area (Å²) in [5, 5.41) is 0. The molecule has 0 amide bonds. The van der Waals surface area contributed by atoms with Crippen molar-refractivity contribution < 1.29 is 13.0 Å². The Bertz CT molecular complexity index is 645. The topological polar surface area (TPSA) is 54.4 Å². The van der Waals surface area contributed by atoms with E-state index in [1.807, 2.05) is 19.1 Å². The maximum Gasteiger partial charge on any atom is 0.295 e. The number of hydrogen-bond donors (Lipinski definition) is 1.